The number of aliphatic hydroxyl groups is 4. The van der Waals surface area contributed by atoms with E-state index < -0.39 is 37.3 Å². The molecule has 1 aliphatic heterocycles. The van der Waals surface area contributed by atoms with E-state index in [2.05, 4.69) is 5.10 Å². The Morgan fingerprint density at radius 2 is 1.69 bits per heavy atom. The highest BCUT2D eigenvalue weighted by Crippen LogP contribution is 2.31. The summed E-state index contributed by atoms with van der Waals surface area (Å²) in [5.41, 5.74) is 2.74. The average Bonchev–Trinajstić information content (AvgIpc) is 3.05. The molecule has 1 aromatic heterocycles. The van der Waals surface area contributed by atoms with Gasteiger partial charge in [-0.25, -0.2) is 0 Å². The van der Waals surface area contributed by atoms with E-state index in [1.54, 1.807) is 0 Å². The summed E-state index contributed by atoms with van der Waals surface area (Å²) in [6, 6.07) is 7.84. The number of hydrogen-bond acceptors (Lipinski definition) is 8. The summed E-state index contributed by atoms with van der Waals surface area (Å²) in [4.78, 5) is 0. The first-order valence-corrected chi connectivity index (χ1v) is 10.9. The van der Waals surface area contributed by atoms with Crippen molar-refractivity contribution in [3.8, 4) is 11.6 Å². The summed E-state index contributed by atoms with van der Waals surface area (Å²) in [5, 5.41) is 44.4. The Balaban J connectivity index is 1.87. The molecular formula is C23H34N2O7. The highest BCUT2D eigenvalue weighted by molar-refractivity contribution is 5.38. The fraction of sp³-hybridized carbons (Fsp3) is 0.609. The van der Waals surface area contributed by atoms with Crippen LogP contribution < -0.4 is 9.47 Å². The zero-order chi connectivity index (χ0) is 23.6. The molecule has 1 fully saturated rings. The van der Waals surface area contributed by atoms with Crippen LogP contribution in [-0.2, 0) is 11.2 Å². The number of hydrogen-bond donors (Lipinski definition) is 4. The maximum absolute atomic E-state index is 10.4. The lowest BCUT2D eigenvalue weighted by atomic mass is 9.99. The van der Waals surface area contributed by atoms with Gasteiger partial charge in [-0.15, -0.1) is 5.10 Å². The van der Waals surface area contributed by atoms with Gasteiger partial charge in [0.1, 0.15) is 30.2 Å². The predicted molar refractivity (Wildman–Crippen MR) is 117 cm³/mol. The molecule has 178 valence electrons. The SMILES string of the molecule is Cc1c(Cc2ccc(OC(C)C)cc2)c(O[C@H]2O[C@H](CO)[C@@H](O)[C@H](O)[C@H]2O)nn1C(C)C. The number of ether oxygens (including phenoxy) is 3. The minimum Gasteiger partial charge on any atom is -0.491 e. The van der Waals surface area contributed by atoms with Crippen LogP contribution in [0.2, 0.25) is 0 Å². The first-order chi connectivity index (χ1) is 15.1. The molecule has 0 unspecified atom stereocenters. The van der Waals surface area contributed by atoms with Crippen LogP contribution in [0.5, 0.6) is 11.6 Å². The quantitative estimate of drug-likeness (QED) is 0.475. The fourth-order valence-corrected chi connectivity index (χ4v) is 3.76. The van der Waals surface area contributed by atoms with Crippen LogP contribution in [0.25, 0.3) is 0 Å². The summed E-state index contributed by atoms with van der Waals surface area (Å²) in [6.07, 6.45) is -6.20. The molecule has 2 aromatic rings. The van der Waals surface area contributed by atoms with Crippen LogP contribution >= 0.6 is 0 Å². The van der Waals surface area contributed by atoms with E-state index in [-0.39, 0.29) is 18.0 Å². The topological polar surface area (TPSA) is 126 Å². The molecule has 0 amide bonds. The Morgan fingerprint density at radius 3 is 2.25 bits per heavy atom. The molecule has 9 heteroatoms. The van der Waals surface area contributed by atoms with Crippen molar-refractivity contribution in [1.82, 2.24) is 9.78 Å². The lowest BCUT2D eigenvalue weighted by Gasteiger charge is -2.39. The normalized spacial score (nSPS) is 26.0. The second-order valence-electron chi connectivity index (χ2n) is 8.71. The van der Waals surface area contributed by atoms with E-state index in [4.69, 9.17) is 14.2 Å². The Morgan fingerprint density at radius 1 is 1.03 bits per heavy atom. The van der Waals surface area contributed by atoms with Gasteiger partial charge in [-0.2, -0.15) is 0 Å². The van der Waals surface area contributed by atoms with E-state index in [9.17, 15) is 20.4 Å². The molecule has 0 bridgehead atoms. The molecule has 1 aliphatic rings. The van der Waals surface area contributed by atoms with Crippen molar-refractivity contribution in [2.75, 3.05) is 6.61 Å². The van der Waals surface area contributed by atoms with Gasteiger partial charge in [0.15, 0.2) is 0 Å². The van der Waals surface area contributed by atoms with Gasteiger partial charge in [-0.3, -0.25) is 4.68 Å². The largest absolute Gasteiger partial charge is 0.491 e. The lowest BCUT2D eigenvalue weighted by Crippen LogP contribution is -2.60. The number of benzene rings is 1. The van der Waals surface area contributed by atoms with Crippen LogP contribution in [0.1, 0.15) is 50.6 Å². The van der Waals surface area contributed by atoms with Crippen molar-refractivity contribution in [3.05, 3.63) is 41.1 Å². The smallest absolute Gasteiger partial charge is 0.239 e. The van der Waals surface area contributed by atoms with Gasteiger partial charge in [0.05, 0.1) is 12.7 Å². The van der Waals surface area contributed by atoms with Crippen molar-refractivity contribution < 1.29 is 34.6 Å². The number of rotatable bonds is 8. The molecule has 32 heavy (non-hydrogen) atoms. The van der Waals surface area contributed by atoms with Crippen molar-refractivity contribution in [3.63, 3.8) is 0 Å². The van der Waals surface area contributed by atoms with Gasteiger partial charge >= 0.3 is 0 Å². The molecule has 2 heterocycles. The van der Waals surface area contributed by atoms with E-state index in [1.807, 2.05) is 63.6 Å². The zero-order valence-electron chi connectivity index (χ0n) is 19.2. The van der Waals surface area contributed by atoms with Gasteiger partial charge in [-0.1, -0.05) is 12.1 Å². The minimum absolute atomic E-state index is 0.0720. The zero-order valence-corrected chi connectivity index (χ0v) is 19.2. The predicted octanol–water partition coefficient (Wildman–Crippen LogP) is 1.33. The van der Waals surface area contributed by atoms with Gasteiger partial charge in [0.25, 0.3) is 0 Å². The molecule has 3 rings (SSSR count). The molecule has 0 spiro atoms. The number of nitrogens with zero attached hydrogens (tertiary/aromatic N) is 2. The molecular weight excluding hydrogens is 416 g/mol. The molecule has 4 N–H and O–H groups in total. The van der Waals surface area contributed by atoms with Crippen LogP contribution in [0, 0.1) is 6.92 Å². The first-order valence-electron chi connectivity index (χ1n) is 10.9. The monoisotopic (exact) mass is 450 g/mol. The average molecular weight is 451 g/mol. The van der Waals surface area contributed by atoms with E-state index in [0.717, 1.165) is 22.6 Å². The fourth-order valence-electron chi connectivity index (χ4n) is 3.76. The maximum Gasteiger partial charge on any atom is 0.239 e. The summed E-state index contributed by atoms with van der Waals surface area (Å²) in [6.45, 7) is 9.36. The third kappa shape index (κ3) is 5.24. The molecule has 1 aromatic carbocycles. The van der Waals surface area contributed by atoms with Crippen LogP contribution in [-0.4, -0.2) is 73.6 Å². The highest BCUT2D eigenvalue weighted by atomic mass is 16.7. The molecule has 5 atom stereocenters. The minimum atomic E-state index is -1.52. The second-order valence-corrected chi connectivity index (χ2v) is 8.71. The summed E-state index contributed by atoms with van der Waals surface area (Å²) < 4.78 is 18.9. The Kier molecular flexibility index (Phi) is 7.79. The maximum atomic E-state index is 10.4. The third-order valence-electron chi connectivity index (χ3n) is 5.48. The molecule has 1 saturated heterocycles. The van der Waals surface area contributed by atoms with E-state index in [1.165, 1.54) is 0 Å². The second kappa shape index (κ2) is 10.2. The molecule has 9 nitrogen and oxygen atoms in total. The van der Waals surface area contributed by atoms with Crippen molar-refractivity contribution in [2.45, 2.75) is 83.9 Å². The van der Waals surface area contributed by atoms with Crippen molar-refractivity contribution in [2.24, 2.45) is 0 Å². The number of aromatic nitrogens is 2. The summed E-state index contributed by atoms with van der Waals surface area (Å²) in [7, 11) is 0. The molecule has 0 aliphatic carbocycles. The standard InChI is InChI=1S/C23H34N2O7/c1-12(2)25-14(5)17(10-15-6-8-16(9-7-15)30-13(3)4)22(24-25)32-23-21(29)20(28)19(27)18(11-26)31-23/h6-9,12-13,18-21,23,26-29H,10-11H2,1-5H3/t18-,19-,20+,21-,23-/m1/s1. The Bertz CT molecular complexity index is 879. The first kappa shape index (κ1) is 24.5. The summed E-state index contributed by atoms with van der Waals surface area (Å²) >= 11 is 0. The highest BCUT2D eigenvalue weighted by Gasteiger charge is 2.45. The van der Waals surface area contributed by atoms with E-state index >= 15 is 0 Å². The Labute approximate surface area is 188 Å². The van der Waals surface area contributed by atoms with Gasteiger partial charge < -0.3 is 34.6 Å². The van der Waals surface area contributed by atoms with Crippen LogP contribution in [0.4, 0.5) is 0 Å². The number of aliphatic hydroxyl groups excluding tert-OH is 4. The third-order valence-corrected chi connectivity index (χ3v) is 5.48. The van der Waals surface area contributed by atoms with Gasteiger partial charge in [0, 0.05) is 23.7 Å². The van der Waals surface area contributed by atoms with Crippen LogP contribution in [0.15, 0.2) is 24.3 Å². The van der Waals surface area contributed by atoms with Crippen molar-refractivity contribution in [1.29, 1.82) is 0 Å². The van der Waals surface area contributed by atoms with Crippen molar-refractivity contribution >= 4 is 0 Å². The lowest BCUT2D eigenvalue weighted by molar-refractivity contribution is -0.278. The van der Waals surface area contributed by atoms with Gasteiger partial charge in [0.2, 0.25) is 12.2 Å². The Hall–Kier alpha value is -2.17. The van der Waals surface area contributed by atoms with E-state index in [0.29, 0.717) is 6.42 Å². The molecule has 0 saturated carbocycles. The molecule has 0 radical (unpaired) electrons. The summed E-state index contributed by atoms with van der Waals surface area (Å²) in [5.74, 6) is 1.05. The van der Waals surface area contributed by atoms with Gasteiger partial charge in [-0.05, 0) is 52.3 Å². The van der Waals surface area contributed by atoms with Crippen LogP contribution in [0.3, 0.4) is 0 Å².